The van der Waals surface area contributed by atoms with Crippen LogP contribution in [0.15, 0.2) is 0 Å². The lowest BCUT2D eigenvalue weighted by Gasteiger charge is -2.23. The van der Waals surface area contributed by atoms with Crippen LogP contribution in [-0.2, 0) is 0 Å². The average Bonchev–Trinajstić information content (AvgIpc) is 2.64. The van der Waals surface area contributed by atoms with E-state index in [-0.39, 0.29) is 0 Å². The summed E-state index contributed by atoms with van der Waals surface area (Å²) < 4.78 is 0. The molecule has 28 heavy (non-hydrogen) atoms. The van der Waals surface area contributed by atoms with Gasteiger partial charge in [-0.2, -0.15) is 0 Å². The molecule has 0 radical (unpaired) electrons. The van der Waals surface area contributed by atoms with Crippen LogP contribution in [0.25, 0.3) is 0 Å². The lowest BCUT2D eigenvalue weighted by Crippen LogP contribution is -2.27. The summed E-state index contributed by atoms with van der Waals surface area (Å²) in [7, 11) is 0. The van der Waals surface area contributed by atoms with Crippen LogP contribution in [0.3, 0.4) is 0 Å². The fourth-order valence-corrected chi connectivity index (χ4v) is 4.13. The molecule has 0 rings (SSSR count). The average molecular weight is 396 g/mol. The highest BCUT2D eigenvalue weighted by Crippen LogP contribution is 2.13. The zero-order valence-electron chi connectivity index (χ0n) is 20.7. The molecule has 0 aromatic rings. The lowest BCUT2D eigenvalue weighted by atomic mass is 10.0. The van der Waals surface area contributed by atoms with E-state index in [1.54, 1.807) is 0 Å². The molecule has 0 fully saturated rings. The summed E-state index contributed by atoms with van der Waals surface area (Å²) in [6.07, 6.45) is 24.5. The molecule has 0 N–H and O–H groups in total. The van der Waals surface area contributed by atoms with Gasteiger partial charge in [0.15, 0.2) is 0 Å². The first-order chi connectivity index (χ1) is 13.6. The number of unbranched alkanes of at least 4 members (excludes halogenated alkanes) is 12. The molecule has 0 saturated carbocycles. The number of hydrogen-bond acceptors (Lipinski definition) is 1. The van der Waals surface area contributed by atoms with Crippen molar-refractivity contribution in [3.63, 3.8) is 0 Å². The Balaban J connectivity index is 3.57. The normalized spacial score (nSPS) is 12.0. The summed E-state index contributed by atoms with van der Waals surface area (Å²) >= 11 is 0. The van der Waals surface area contributed by atoms with E-state index in [0.29, 0.717) is 0 Å². The standard InChI is InChI=1S/C27H57N/c1-6-7-8-9-10-11-12-13-14-15-16-17-18-23-28(24-19-21-26(2)3)25-20-22-27(4)5/h26-27H,6-25H2,1-5H3. The minimum atomic E-state index is 0.855. The van der Waals surface area contributed by atoms with Gasteiger partial charge < -0.3 is 4.90 Å². The zero-order valence-corrected chi connectivity index (χ0v) is 20.7. The summed E-state index contributed by atoms with van der Waals surface area (Å²) in [6.45, 7) is 15.7. The first kappa shape index (κ1) is 28.0. The van der Waals surface area contributed by atoms with Crippen molar-refractivity contribution in [1.82, 2.24) is 4.90 Å². The van der Waals surface area contributed by atoms with Crippen LogP contribution in [-0.4, -0.2) is 24.5 Å². The molecular weight excluding hydrogens is 338 g/mol. The minimum absolute atomic E-state index is 0.855. The van der Waals surface area contributed by atoms with E-state index in [1.165, 1.54) is 129 Å². The molecule has 0 aromatic carbocycles. The van der Waals surface area contributed by atoms with Gasteiger partial charge in [-0.1, -0.05) is 112 Å². The number of hydrogen-bond donors (Lipinski definition) is 0. The van der Waals surface area contributed by atoms with Crippen molar-refractivity contribution in [1.29, 1.82) is 0 Å². The monoisotopic (exact) mass is 395 g/mol. The van der Waals surface area contributed by atoms with Gasteiger partial charge in [-0.15, -0.1) is 0 Å². The van der Waals surface area contributed by atoms with E-state index in [1.807, 2.05) is 0 Å². The van der Waals surface area contributed by atoms with Crippen molar-refractivity contribution in [3.8, 4) is 0 Å². The van der Waals surface area contributed by atoms with Gasteiger partial charge >= 0.3 is 0 Å². The minimum Gasteiger partial charge on any atom is -0.303 e. The molecule has 0 aliphatic rings. The summed E-state index contributed by atoms with van der Waals surface area (Å²) in [5.41, 5.74) is 0. The molecule has 0 saturated heterocycles. The Kier molecular flexibility index (Phi) is 21.6. The van der Waals surface area contributed by atoms with Gasteiger partial charge in [-0.3, -0.25) is 0 Å². The molecule has 0 bridgehead atoms. The third-order valence-electron chi connectivity index (χ3n) is 6.09. The zero-order chi connectivity index (χ0) is 20.9. The van der Waals surface area contributed by atoms with Gasteiger partial charge in [0.25, 0.3) is 0 Å². The van der Waals surface area contributed by atoms with E-state index in [2.05, 4.69) is 39.5 Å². The highest BCUT2D eigenvalue weighted by molar-refractivity contribution is 4.61. The molecule has 0 spiro atoms. The maximum absolute atomic E-state index is 2.77. The van der Waals surface area contributed by atoms with Crippen LogP contribution in [0.5, 0.6) is 0 Å². The molecule has 1 nitrogen and oxygen atoms in total. The summed E-state index contributed by atoms with van der Waals surface area (Å²) in [5, 5.41) is 0. The molecule has 0 unspecified atom stereocenters. The molecule has 0 atom stereocenters. The smallest absolute Gasteiger partial charge is 0.00186 e. The largest absolute Gasteiger partial charge is 0.303 e. The second-order valence-electron chi connectivity index (χ2n) is 10.2. The number of nitrogens with zero attached hydrogens (tertiary/aromatic N) is 1. The first-order valence-electron chi connectivity index (χ1n) is 13.3. The summed E-state index contributed by atoms with van der Waals surface area (Å²) in [6, 6.07) is 0. The summed E-state index contributed by atoms with van der Waals surface area (Å²) in [5.74, 6) is 1.71. The molecule has 0 amide bonds. The van der Waals surface area contributed by atoms with Crippen LogP contribution in [0.4, 0.5) is 0 Å². The van der Waals surface area contributed by atoms with Crippen molar-refractivity contribution >= 4 is 0 Å². The third kappa shape index (κ3) is 22.3. The highest BCUT2D eigenvalue weighted by Gasteiger charge is 2.06. The Bertz CT molecular complexity index is 270. The second kappa shape index (κ2) is 21.7. The van der Waals surface area contributed by atoms with Crippen LogP contribution >= 0.6 is 0 Å². The Hall–Kier alpha value is -0.0400. The van der Waals surface area contributed by atoms with E-state index < -0.39 is 0 Å². The molecule has 170 valence electrons. The van der Waals surface area contributed by atoms with Crippen LogP contribution in [0.2, 0.25) is 0 Å². The van der Waals surface area contributed by atoms with E-state index in [0.717, 1.165) is 11.8 Å². The van der Waals surface area contributed by atoms with Gasteiger partial charge in [0, 0.05) is 0 Å². The maximum Gasteiger partial charge on any atom is -0.00186 e. The van der Waals surface area contributed by atoms with Crippen LogP contribution < -0.4 is 0 Å². The van der Waals surface area contributed by atoms with Crippen molar-refractivity contribution in [2.45, 2.75) is 144 Å². The van der Waals surface area contributed by atoms with Crippen molar-refractivity contribution in [3.05, 3.63) is 0 Å². The summed E-state index contributed by atoms with van der Waals surface area (Å²) in [4.78, 5) is 2.77. The Morgan fingerprint density at radius 3 is 1.11 bits per heavy atom. The third-order valence-corrected chi connectivity index (χ3v) is 6.09. The van der Waals surface area contributed by atoms with Crippen LogP contribution in [0, 0.1) is 11.8 Å². The SMILES string of the molecule is CCCCCCCCCCCCCCCN(CCCC(C)C)CCCC(C)C. The highest BCUT2D eigenvalue weighted by atomic mass is 15.1. The van der Waals surface area contributed by atoms with Crippen LogP contribution in [0.1, 0.15) is 144 Å². The van der Waals surface area contributed by atoms with Gasteiger partial charge in [-0.25, -0.2) is 0 Å². The Morgan fingerprint density at radius 1 is 0.429 bits per heavy atom. The molecule has 0 aliphatic heterocycles. The quantitative estimate of drug-likeness (QED) is 0.165. The lowest BCUT2D eigenvalue weighted by molar-refractivity contribution is 0.248. The molecule has 0 heterocycles. The van der Waals surface area contributed by atoms with Gasteiger partial charge in [0.1, 0.15) is 0 Å². The molecule has 1 heteroatoms. The van der Waals surface area contributed by atoms with Gasteiger partial charge in [0.2, 0.25) is 0 Å². The Morgan fingerprint density at radius 2 is 0.750 bits per heavy atom. The predicted octanol–water partition coefficient (Wildman–Crippen LogP) is 9.25. The van der Waals surface area contributed by atoms with Crippen molar-refractivity contribution in [2.24, 2.45) is 11.8 Å². The van der Waals surface area contributed by atoms with E-state index in [4.69, 9.17) is 0 Å². The van der Waals surface area contributed by atoms with Gasteiger partial charge in [0.05, 0.1) is 0 Å². The second-order valence-corrected chi connectivity index (χ2v) is 10.2. The van der Waals surface area contributed by atoms with E-state index >= 15 is 0 Å². The molecular formula is C27H57N. The van der Waals surface area contributed by atoms with Crippen molar-refractivity contribution in [2.75, 3.05) is 19.6 Å². The van der Waals surface area contributed by atoms with E-state index in [9.17, 15) is 0 Å². The van der Waals surface area contributed by atoms with Crippen molar-refractivity contribution < 1.29 is 0 Å². The fraction of sp³-hybridized carbons (Fsp3) is 1.00. The van der Waals surface area contributed by atoms with Gasteiger partial charge in [-0.05, 0) is 63.6 Å². The topological polar surface area (TPSA) is 3.24 Å². The molecule has 0 aromatic heterocycles. The number of rotatable bonds is 22. The molecule has 0 aliphatic carbocycles. The maximum atomic E-state index is 2.77. The fourth-order valence-electron chi connectivity index (χ4n) is 4.13. The first-order valence-corrected chi connectivity index (χ1v) is 13.3. The Labute approximate surface area is 180 Å². The predicted molar refractivity (Wildman–Crippen MR) is 130 cm³/mol.